The summed E-state index contributed by atoms with van der Waals surface area (Å²) in [4.78, 5) is 17.8. The fourth-order valence-electron chi connectivity index (χ4n) is 3.06. The van der Waals surface area contributed by atoms with Gasteiger partial charge in [0.1, 0.15) is 5.82 Å². The third-order valence-corrected chi connectivity index (χ3v) is 4.39. The van der Waals surface area contributed by atoms with E-state index < -0.39 is 29.6 Å². The maximum absolute atomic E-state index is 14.6. The Morgan fingerprint density at radius 1 is 1.16 bits per heavy atom. The Bertz CT molecular complexity index is 1040. The lowest BCUT2D eigenvalue weighted by atomic mass is 10.0. The van der Waals surface area contributed by atoms with E-state index in [0.717, 1.165) is 11.6 Å². The van der Waals surface area contributed by atoms with Crippen molar-refractivity contribution in [1.82, 2.24) is 20.4 Å². The monoisotopic (exact) mass is 436 g/mol. The Morgan fingerprint density at radius 3 is 2.45 bits per heavy atom. The Hall–Kier alpha value is -3.27. The van der Waals surface area contributed by atoms with Crippen molar-refractivity contribution in [2.45, 2.75) is 18.6 Å². The minimum absolute atomic E-state index is 0.0394. The summed E-state index contributed by atoms with van der Waals surface area (Å²) in [6.45, 7) is 0.531. The fourth-order valence-corrected chi connectivity index (χ4v) is 3.06. The lowest BCUT2D eigenvalue weighted by Crippen LogP contribution is -2.43. The number of alkyl halides is 3. The van der Waals surface area contributed by atoms with Gasteiger partial charge in [-0.1, -0.05) is 41.6 Å². The molecule has 0 aliphatic rings. The quantitative estimate of drug-likeness (QED) is 0.571. The molecule has 31 heavy (non-hydrogen) atoms. The van der Waals surface area contributed by atoms with Crippen LogP contribution >= 0.6 is 0 Å². The van der Waals surface area contributed by atoms with Crippen LogP contribution in [0, 0.1) is 5.82 Å². The van der Waals surface area contributed by atoms with E-state index in [1.54, 1.807) is 0 Å². The first-order valence-corrected chi connectivity index (χ1v) is 9.34. The van der Waals surface area contributed by atoms with Gasteiger partial charge in [-0.2, -0.15) is 18.2 Å². The van der Waals surface area contributed by atoms with E-state index in [0.29, 0.717) is 13.0 Å². The number of aromatic nitrogens is 2. The van der Waals surface area contributed by atoms with Gasteiger partial charge in [0.05, 0.1) is 5.56 Å². The van der Waals surface area contributed by atoms with Crippen molar-refractivity contribution in [1.29, 1.82) is 0 Å². The molecule has 0 aliphatic carbocycles. The molecule has 10 heteroatoms. The number of rotatable bonds is 7. The van der Waals surface area contributed by atoms with Gasteiger partial charge in [0.2, 0.25) is 5.82 Å². The molecule has 0 saturated heterocycles. The van der Waals surface area contributed by atoms with Gasteiger partial charge < -0.3 is 14.7 Å². The zero-order valence-electron chi connectivity index (χ0n) is 16.8. The number of carbonyl (C=O) groups is 1. The number of halogens is 4. The van der Waals surface area contributed by atoms with Gasteiger partial charge in [-0.25, -0.2) is 4.39 Å². The fraction of sp³-hybridized carbons (Fsp3) is 0.286. The predicted octanol–water partition coefficient (Wildman–Crippen LogP) is 3.80. The summed E-state index contributed by atoms with van der Waals surface area (Å²) < 4.78 is 56.6. The van der Waals surface area contributed by atoms with Crippen LogP contribution in [-0.4, -0.2) is 47.6 Å². The van der Waals surface area contributed by atoms with Gasteiger partial charge in [-0.15, -0.1) is 0 Å². The third-order valence-electron chi connectivity index (χ3n) is 4.39. The van der Waals surface area contributed by atoms with Crippen molar-refractivity contribution in [3.05, 3.63) is 71.4 Å². The maximum atomic E-state index is 14.6. The number of carbonyl (C=O) groups excluding carboxylic acids is 1. The number of likely N-dealkylation sites (N-methyl/N-ethyl adjacent to an activating group) is 1. The van der Waals surface area contributed by atoms with Crippen LogP contribution in [0.1, 0.15) is 21.8 Å². The summed E-state index contributed by atoms with van der Waals surface area (Å²) in [6.07, 6.45) is -4.25. The van der Waals surface area contributed by atoms with E-state index in [1.807, 2.05) is 49.3 Å². The first-order valence-electron chi connectivity index (χ1n) is 9.34. The van der Waals surface area contributed by atoms with Crippen LogP contribution in [-0.2, 0) is 12.6 Å². The predicted molar refractivity (Wildman–Crippen MR) is 105 cm³/mol. The SMILES string of the molecule is CN(C)CC(Cc1ccccc1)NC(=O)c1ccc(-c2noc(C(F)(F)F)n2)cc1F. The molecule has 0 fully saturated rings. The molecule has 1 heterocycles. The standard InChI is InChI=1S/C21H20F4N4O2/c1-29(2)12-15(10-13-6-4-3-5-7-13)26-19(30)16-9-8-14(11-17(16)22)18-27-20(31-28-18)21(23,24)25/h3-9,11,15H,10,12H2,1-2H3,(H,26,30). The van der Waals surface area contributed by atoms with Gasteiger partial charge in [0.15, 0.2) is 0 Å². The van der Waals surface area contributed by atoms with Gasteiger partial charge >= 0.3 is 12.1 Å². The van der Waals surface area contributed by atoms with E-state index in [4.69, 9.17) is 0 Å². The summed E-state index contributed by atoms with van der Waals surface area (Å²) >= 11 is 0. The van der Waals surface area contributed by atoms with Crippen LogP contribution < -0.4 is 5.32 Å². The lowest BCUT2D eigenvalue weighted by molar-refractivity contribution is -0.159. The molecule has 6 nitrogen and oxygen atoms in total. The molecule has 1 amide bonds. The summed E-state index contributed by atoms with van der Waals surface area (Å²) in [5, 5.41) is 6.04. The van der Waals surface area contributed by atoms with Crippen LogP contribution in [0.4, 0.5) is 17.6 Å². The normalized spacial score (nSPS) is 12.7. The molecule has 2 aromatic carbocycles. The van der Waals surface area contributed by atoms with Crippen molar-refractivity contribution < 1.29 is 26.9 Å². The lowest BCUT2D eigenvalue weighted by Gasteiger charge is -2.23. The first-order chi connectivity index (χ1) is 14.6. The number of amides is 1. The molecule has 1 aromatic heterocycles. The topological polar surface area (TPSA) is 71.3 Å². The van der Waals surface area contributed by atoms with E-state index in [1.165, 1.54) is 12.1 Å². The number of hydrogen-bond donors (Lipinski definition) is 1. The highest BCUT2D eigenvalue weighted by Crippen LogP contribution is 2.29. The highest BCUT2D eigenvalue weighted by Gasteiger charge is 2.38. The number of hydrogen-bond acceptors (Lipinski definition) is 5. The molecular formula is C21H20F4N4O2. The van der Waals surface area contributed by atoms with E-state index in [-0.39, 0.29) is 17.2 Å². The highest BCUT2D eigenvalue weighted by molar-refractivity contribution is 5.95. The molecule has 164 valence electrons. The van der Waals surface area contributed by atoms with Crippen LogP contribution in [0.25, 0.3) is 11.4 Å². The summed E-state index contributed by atoms with van der Waals surface area (Å²) in [6, 6.07) is 12.6. The molecule has 1 atom stereocenters. The van der Waals surface area contributed by atoms with Crippen molar-refractivity contribution in [2.75, 3.05) is 20.6 Å². The van der Waals surface area contributed by atoms with E-state index >= 15 is 0 Å². The Labute approximate surface area is 175 Å². The number of benzene rings is 2. The van der Waals surface area contributed by atoms with Gasteiger partial charge in [0, 0.05) is 18.2 Å². The molecule has 0 spiro atoms. The summed E-state index contributed by atoms with van der Waals surface area (Å²) in [5.41, 5.74) is 0.741. The molecule has 0 aliphatic heterocycles. The average molecular weight is 436 g/mol. The van der Waals surface area contributed by atoms with Crippen LogP contribution in [0.15, 0.2) is 53.1 Å². The van der Waals surface area contributed by atoms with E-state index in [9.17, 15) is 22.4 Å². The maximum Gasteiger partial charge on any atom is 0.471 e. The second kappa shape index (κ2) is 9.25. The van der Waals surface area contributed by atoms with Gasteiger partial charge in [0.25, 0.3) is 5.91 Å². The van der Waals surface area contributed by atoms with Crippen molar-refractivity contribution in [3.63, 3.8) is 0 Å². The van der Waals surface area contributed by atoms with Gasteiger partial charge in [-0.3, -0.25) is 4.79 Å². The van der Waals surface area contributed by atoms with Crippen LogP contribution in [0.5, 0.6) is 0 Å². The average Bonchev–Trinajstić information content (AvgIpc) is 3.19. The Balaban J connectivity index is 1.76. The van der Waals surface area contributed by atoms with E-state index in [2.05, 4.69) is 20.0 Å². The zero-order chi connectivity index (χ0) is 22.6. The molecular weight excluding hydrogens is 416 g/mol. The second-order valence-corrected chi connectivity index (χ2v) is 7.24. The first kappa shape index (κ1) is 22.4. The van der Waals surface area contributed by atoms with Crippen LogP contribution in [0.3, 0.4) is 0 Å². The van der Waals surface area contributed by atoms with Gasteiger partial charge in [-0.05, 0) is 38.2 Å². The minimum Gasteiger partial charge on any atom is -0.348 e. The zero-order valence-corrected chi connectivity index (χ0v) is 16.8. The van der Waals surface area contributed by atoms with Crippen molar-refractivity contribution >= 4 is 5.91 Å². The summed E-state index contributed by atoms with van der Waals surface area (Å²) in [7, 11) is 3.72. The molecule has 1 unspecified atom stereocenters. The Kier molecular flexibility index (Phi) is 6.69. The van der Waals surface area contributed by atoms with Crippen molar-refractivity contribution in [3.8, 4) is 11.4 Å². The largest absolute Gasteiger partial charge is 0.471 e. The molecule has 3 aromatic rings. The highest BCUT2D eigenvalue weighted by atomic mass is 19.4. The minimum atomic E-state index is -4.80. The molecule has 3 rings (SSSR count). The second-order valence-electron chi connectivity index (χ2n) is 7.24. The summed E-state index contributed by atoms with van der Waals surface area (Å²) in [5.74, 6) is -3.49. The molecule has 0 bridgehead atoms. The Morgan fingerprint density at radius 2 is 1.87 bits per heavy atom. The molecule has 1 N–H and O–H groups in total. The van der Waals surface area contributed by atoms with Crippen LogP contribution in [0.2, 0.25) is 0 Å². The third kappa shape index (κ3) is 5.88. The number of nitrogens with zero attached hydrogens (tertiary/aromatic N) is 3. The number of nitrogens with one attached hydrogen (secondary N) is 1. The van der Waals surface area contributed by atoms with Crippen molar-refractivity contribution in [2.24, 2.45) is 0 Å². The molecule has 0 radical (unpaired) electrons. The molecule has 0 saturated carbocycles. The smallest absolute Gasteiger partial charge is 0.348 e.